The van der Waals surface area contributed by atoms with E-state index in [4.69, 9.17) is 10.5 Å². The van der Waals surface area contributed by atoms with E-state index in [1.54, 1.807) is 6.92 Å². The number of amides is 1. The van der Waals surface area contributed by atoms with Crippen LogP contribution in [0.5, 0.6) is 5.75 Å². The number of fused-ring (bicyclic) bond motifs is 1. The summed E-state index contributed by atoms with van der Waals surface area (Å²) in [5, 5.41) is 14.2. The highest BCUT2D eigenvalue weighted by molar-refractivity contribution is 5.75. The molecule has 3 N–H and O–H groups in total. The van der Waals surface area contributed by atoms with Gasteiger partial charge in [-0.2, -0.15) is 5.10 Å². The van der Waals surface area contributed by atoms with Gasteiger partial charge in [0.05, 0.1) is 17.5 Å². The van der Waals surface area contributed by atoms with Gasteiger partial charge in [0.15, 0.2) is 6.61 Å². The Morgan fingerprint density at radius 1 is 1.40 bits per heavy atom. The number of primary amides is 1. The standard InChI is InChI=1S/C18H24N4O3/c1-13(23)17-9-15-11-21(6-3-7-22(15)20-17)10-14-4-2-5-16(8-14)25-12-18(19)24/h2,4-5,8-9,13,23H,3,6-7,10-12H2,1H3,(H2,19,24)/t13-/m1/s1. The molecule has 1 aromatic heterocycles. The highest BCUT2D eigenvalue weighted by Crippen LogP contribution is 2.20. The van der Waals surface area contributed by atoms with Crippen LogP contribution >= 0.6 is 0 Å². The number of carbonyl (C=O) groups is 1. The maximum atomic E-state index is 10.8. The number of aliphatic hydroxyl groups excluding tert-OH is 1. The van der Waals surface area contributed by atoms with Gasteiger partial charge in [-0.15, -0.1) is 0 Å². The third-order valence-electron chi connectivity index (χ3n) is 4.23. The van der Waals surface area contributed by atoms with E-state index >= 15 is 0 Å². The summed E-state index contributed by atoms with van der Waals surface area (Å²) >= 11 is 0. The lowest BCUT2D eigenvalue weighted by Gasteiger charge is -2.20. The molecule has 7 nitrogen and oxygen atoms in total. The monoisotopic (exact) mass is 344 g/mol. The molecule has 0 saturated carbocycles. The second kappa shape index (κ2) is 7.67. The van der Waals surface area contributed by atoms with E-state index in [0.717, 1.165) is 49.6 Å². The zero-order valence-corrected chi connectivity index (χ0v) is 14.4. The molecular weight excluding hydrogens is 320 g/mol. The molecule has 0 fully saturated rings. The molecule has 2 heterocycles. The average molecular weight is 344 g/mol. The third kappa shape index (κ3) is 4.58. The summed E-state index contributed by atoms with van der Waals surface area (Å²) in [6, 6.07) is 9.69. The normalized spacial score (nSPS) is 16.1. The van der Waals surface area contributed by atoms with Crippen LogP contribution in [0, 0.1) is 0 Å². The number of nitrogens with two attached hydrogens (primary N) is 1. The van der Waals surface area contributed by atoms with Crippen molar-refractivity contribution in [3.63, 3.8) is 0 Å². The van der Waals surface area contributed by atoms with Crippen LogP contribution in [0.3, 0.4) is 0 Å². The number of aromatic nitrogens is 2. The Labute approximate surface area is 147 Å². The number of rotatable bonds is 6. The summed E-state index contributed by atoms with van der Waals surface area (Å²) in [7, 11) is 0. The second-order valence-corrected chi connectivity index (χ2v) is 6.43. The molecule has 7 heteroatoms. The molecule has 0 unspecified atom stereocenters. The Morgan fingerprint density at radius 3 is 3.00 bits per heavy atom. The topological polar surface area (TPSA) is 93.6 Å². The molecule has 0 radical (unpaired) electrons. The lowest BCUT2D eigenvalue weighted by Crippen LogP contribution is -2.23. The first-order valence-corrected chi connectivity index (χ1v) is 8.48. The molecule has 0 bridgehead atoms. The van der Waals surface area contributed by atoms with E-state index in [0.29, 0.717) is 5.75 Å². The predicted octanol–water partition coefficient (Wildman–Crippen LogP) is 1.21. The smallest absolute Gasteiger partial charge is 0.255 e. The van der Waals surface area contributed by atoms with Crippen molar-refractivity contribution in [3.8, 4) is 5.75 Å². The lowest BCUT2D eigenvalue weighted by atomic mass is 10.2. The number of hydrogen-bond acceptors (Lipinski definition) is 5. The van der Waals surface area contributed by atoms with Crippen LogP contribution in [0.25, 0.3) is 0 Å². The first-order valence-electron chi connectivity index (χ1n) is 8.48. The third-order valence-corrected chi connectivity index (χ3v) is 4.23. The Hall–Kier alpha value is -2.38. The first kappa shape index (κ1) is 17.4. The van der Waals surface area contributed by atoms with Crippen molar-refractivity contribution >= 4 is 5.91 Å². The van der Waals surface area contributed by atoms with Crippen LogP contribution in [0.15, 0.2) is 30.3 Å². The number of hydrogen-bond donors (Lipinski definition) is 2. The van der Waals surface area contributed by atoms with Gasteiger partial charge in [-0.3, -0.25) is 14.4 Å². The molecule has 3 rings (SSSR count). The van der Waals surface area contributed by atoms with Crippen LogP contribution in [-0.2, 0) is 24.4 Å². The summed E-state index contributed by atoms with van der Waals surface area (Å²) in [4.78, 5) is 13.2. The van der Waals surface area contributed by atoms with Gasteiger partial charge in [0.25, 0.3) is 5.91 Å². The average Bonchev–Trinajstić information content (AvgIpc) is 2.87. The Kier molecular flexibility index (Phi) is 5.35. The van der Waals surface area contributed by atoms with E-state index in [1.807, 2.05) is 35.0 Å². The molecule has 134 valence electrons. The van der Waals surface area contributed by atoms with Crippen molar-refractivity contribution in [2.75, 3.05) is 13.2 Å². The maximum Gasteiger partial charge on any atom is 0.255 e. The number of nitrogens with zero attached hydrogens (tertiary/aromatic N) is 3. The van der Waals surface area contributed by atoms with E-state index < -0.39 is 12.0 Å². The minimum atomic E-state index is -0.549. The van der Waals surface area contributed by atoms with Gasteiger partial charge in [0.2, 0.25) is 0 Å². The fourth-order valence-corrected chi connectivity index (χ4v) is 3.04. The minimum Gasteiger partial charge on any atom is -0.484 e. The van der Waals surface area contributed by atoms with Crippen LogP contribution in [0.4, 0.5) is 0 Å². The van der Waals surface area contributed by atoms with Crippen LogP contribution in [0.1, 0.15) is 36.4 Å². The van der Waals surface area contributed by atoms with Gasteiger partial charge >= 0.3 is 0 Å². The van der Waals surface area contributed by atoms with Crippen LogP contribution in [0.2, 0.25) is 0 Å². The molecule has 0 saturated heterocycles. The Bertz CT molecular complexity index is 742. The summed E-state index contributed by atoms with van der Waals surface area (Å²) in [6.07, 6.45) is 0.457. The van der Waals surface area contributed by atoms with Gasteiger partial charge in [-0.1, -0.05) is 12.1 Å². The predicted molar refractivity (Wildman–Crippen MR) is 92.7 cm³/mol. The van der Waals surface area contributed by atoms with Gasteiger partial charge < -0.3 is 15.6 Å². The number of aliphatic hydroxyl groups is 1. The van der Waals surface area contributed by atoms with Gasteiger partial charge in [-0.05, 0) is 37.1 Å². The zero-order chi connectivity index (χ0) is 17.8. The second-order valence-electron chi connectivity index (χ2n) is 6.43. The number of carbonyl (C=O) groups excluding carboxylic acids is 1. The lowest BCUT2D eigenvalue weighted by molar-refractivity contribution is -0.119. The first-order chi connectivity index (χ1) is 12.0. The molecule has 0 spiro atoms. The van der Waals surface area contributed by atoms with Crippen molar-refractivity contribution in [1.29, 1.82) is 0 Å². The maximum absolute atomic E-state index is 10.8. The molecule has 25 heavy (non-hydrogen) atoms. The van der Waals surface area contributed by atoms with Crippen molar-refractivity contribution in [3.05, 3.63) is 47.3 Å². The Balaban J connectivity index is 1.68. The largest absolute Gasteiger partial charge is 0.484 e. The van der Waals surface area contributed by atoms with Crippen molar-refractivity contribution in [2.24, 2.45) is 5.73 Å². The molecule has 0 aliphatic carbocycles. The number of ether oxygens (including phenoxy) is 1. The van der Waals surface area contributed by atoms with Crippen molar-refractivity contribution in [2.45, 2.75) is 39.1 Å². The van der Waals surface area contributed by atoms with Gasteiger partial charge in [0.1, 0.15) is 5.75 Å². The van der Waals surface area contributed by atoms with E-state index in [1.165, 1.54) is 0 Å². The van der Waals surface area contributed by atoms with Crippen LogP contribution < -0.4 is 10.5 Å². The number of benzene rings is 1. The molecule has 1 aliphatic heterocycles. The number of aryl methyl sites for hydroxylation is 1. The summed E-state index contributed by atoms with van der Waals surface area (Å²) in [6.45, 7) is 5.02. The van der Waals surface area contributed by atoms with Gasteiger partial charge in [-0.25, -0.2) is 0 Å². The van der Waals surface area contributed by atoms with Crippen molar-refractivity contribution in [1.82, 2.24) is 14.7 Å². The van der Waals surface area contributed by atoms with Crippen molar-refractivity contribution < 1.29 is 14.6 Å². The molecule has 1 amide bonds. The molecule has 1 atom stereocenters. The Morgan fingerprint density at radius 2 is 2.24 bits per heavy atom. The molecule has 2 aromatic rings. The van der Waals surface area contributed by atoms with Gasteiger partial charge in [0, 0.05) is 26.2 Å². The highest BCUT2D eigenvalue weighted by atomic mass is 16.5. The molecule has 1 aromatic carbocycles. The fourth-order valence-electron chi connectivity index (χ4n) is 3.04. The SMILES string of the molecule is C[C@@H](O)c1cc2n(n1)CCCN(Cc1cccc(OCC(N)=O)c1)C2. The van der Waals surface area contributed by atoms with Crippen LogP contribution in [-0.4, -0.2) is 38.8 Å². The molecular formula is C18H24N4O3. The highest BCUT2D eigenvalue weighted by Gasteiger charge is 2.18. The summed E-state index contributed by atoms with van der Waals surface area (Å²) < 4.78 is 7.37. The quantitative estimate of drug-likeness (QED) is 0.821. The summed E-state index contributed by atoms with van der Waals surface area (Å²) in [5.41, 5.74) is 8.07. The summed E-state index contributed by atoms with van der Waals surface area (Å²) in [5.74, 6) is 0.160. The molecule has 1 aliphatic rings. The minimum absolute atomic E-state index is 0.117. The van der Waals surface area contributed by atoms with E-state index in [2.05, 4.69) is 10.00 Å². The fraction of sp³-hybridized carbons (Fsp3) is 0.444. The zero-order valence-electron chi connectivity index (χ0n) is 14.4. The van der Waals surface area contributed by atoms with E-state index in [-0.39, 0.29) is 6.61 Å². The van der Waals surface area contributed by atoms with E-state index in [9.17, 15) is 9.90 Å².